The van der Waals surface area contributed by atoms with Crippen LogP contribution in [0.1, 0.15) is 19.8 Å². The van der Waals surface area contributed by atoms with Crippen molar-refractivity contribution in [3.63, 3.8) is 0 Å². The first-order valence-electron chi connectivity index (χ1n) is 7.59. The van der Waals surface area contributed by atoms with Gasteiger partial charge in [-0.15, -0.1) is 0 Å². The Morgan fingerprint density at radius 3 is 2.36 bits per heavy atom. The number of nitrogens with one attached hydrogen (secondary N) is 2. The van der Waals surface area contributed by atoms with E-state index < -0.39 is 11.8 Å². The summed E-state index contributed by atoms with van der Waals surface area (Å²) in [5, 5.41) is 5.27. The lowest BCUT2D eigenvalue weighted by Gasteiger charge is -2.31. The van der Waals surface area contributed by atoms with Gasteiger partial charge in [-0.3, -0.25) is 9.59 Å². The maximum atomic E-state index is 11.8. The second kappa shape index (κ2) is 9.24. The van der Waals surface area contributed by atoms with Crippen LogP contribution in [-0.2, 0) is 14.3 Å². The van der Waals surface area contributed by atoms with Crippen LogP contribution in [0.2, 0.25) is 0 Å². The molecular formula is C14H26N4O4. The molecule has 1 aliphatic rings. The lowest BCUT2D eigenvalue weighted by Crippen LogP contribution is -2.50. The smallest absolute Gasteiger partial charge is 0.409 e. The summed E-state index contributed by atoms with van der Waals surface area (Å²) >= 11 is 0. The highest BCUT2D eigenvalue weighted by atomic mass is 16.6. The van der Waals surface area contributed by atoms with Crippen LogP contribution in [0.5, 0.6) is 0 Å². The van der Waals surface area contributed by atoms with Gasteiger partial charge in [0.1, 0.15) is 0 Å². The highest BCUT2D eigenvalue weighted by Gasteiger charge is 2.26. The maximum absolute atomic E-state index is 11.8. The lowest BCUT2D eigenvalue weighted by molar-refractivity contribution is -0.139. The lowest BCUT2D eigenvalue weighted by atomic mass is 10.1. The molecule has 126 valence electrons. The molecule has 1 fully saturated rings. The number of carbonyl (C=O) groups is 3. The average Bonchev–Trinajstić information content (AvgIpc) is 2.47. The van der Waals surface area contributed by atoms with E-state index >= 15 is 0 Å². The van der Waals surface area contributed by atoms with Gasteiger partial charge in [-0.25, -0.2) is 4.79 Å². The van der Waals surface area contributed by atoms with Gasteiger partial charge in [0, 0.05) is 32.2 Å². The number of amides is 3. The van der Waals surface area contributed by atoms with Crippen molar-refractivity contribution in [2.24, 2.45) is 0 Å². The molecule has 3 amide bonds. The van der Waals surface area contributed by atoms with Crippen molar-refractivity contribution < 1.29 is 19.1 Å². The first-order chi connectivity index (χ1) is 10.4. The van der Waals surface area contributed by atoms with E-state index in [2.05, 4.69) is 10.6 Å². The minimum Gasteiger partial charge on any atom is -0.450 e. The molecular weight excluding hydrogens is 288 g/mol. The molecule has 0 aromatic heterocycles. The standard InChI is InChI=1S/C14H26N4O4/c1-4-22-14(21)18-8-5-11(6-9-18)16-13(20)12(19)15-7-10-17(2)3/h11H,4-10H2,1-3H3,(H,15,19)(H,16,20). The molecule has 1 rings (SSSR count). The van der Waals surface area contributed by atoms with Crippen molar-refractivity contribution in [2.75, 3.05) is 46.9 Å². The molecule has 0 bridgehead atoms. The molecule has 0 saturated carbocycles. The molecule has 0 spiro atoms. The molecule has 0 atom stereocenters. The zero-order valence-electron chi connectivity index (χ0n) is 13.6. The first-order valence-corrected chi connectivity index (χ1v) is 7.59. The summed E-state index contributed by atoms with van der Waals surface area (Å²) in [5.74, 6) is -1.23. The molecule has 0 aromatic carbocycles. The number of hydrogen-bond acceptors (Lipinski definition) is 5. The van der Waals surface area contributed by atoms with Gasteiger partial charge < -0.3 is 25.2 Å². The number of nitrogens with zero attached hydrogens (tertiary/aromatic N) is 2. The Labute approximate surface area is 131 Å². The normalized spacial score (nSPS) is 15.5. The van der Waals surface area contributed by atoms with Crippen molar-refractivity contribution in [2.45, 2.75) is 25.8 Å². The zero-order valence-corrected chi connectivity index (χ0v) is 13.6. The second-order valence-corrected chi connectivity index (χ2v) is 5.49. The average molecular weight is 314 g/mol. The molecule has 1 heterocycles. The molecule has 0 unspecified atom stereocenters. The van der Waals surface area contributed by atoms with Gasteiger partial charge in [-0.2, -0.15) is 0 Å². The van der Waals surface area contributed by atoms with Crippen molar-refractivity contribution in [3.05, 3.63) is 0 Å². The van der Waals surface area contributed by atoms with Gasteiger partial charge in [0.2, 0.25) is 0 Å². The summed E-state index contributed by atoms with van der Waals surface area (Å²) in [6, 6.07) is -0.0854. The Kier molecular flexibility index (Phi) is 7.65. The van der Waals surface area contributed by atoms with Gasteiger partial charge in [-0.05, 0) is 33.9 Å². The summed E-state index contributed by atoms with van der Waals surface area (Å²) in [7, 11) is 3.78. The fourth-order valence-electron chi connectivity index (χ4n) is 2.15. The SMILES string of the molecule is CCOC(=O)N1CCC(NC(=O)C(=O)NCCN(C)C)CC1. The maximum Gasteiger partial charge on any atom is 0.409 e. The van der Waals surface area contributed by atoms with Crippen molar-refractivity contribution in [3.8, 4) is 0 Å². The van der Waals surface area contributed by atoms with E-state index in [0.717, 1.165) is 0 Å². The number of hydrogen-bond donors (Lipinski definition) is 2. The van der Waals surface area contributed by atoms with E-state index in [1.807, 2.05) is 19.0 Å². The summed E-state index contributed by atoms with van der Waals surface area (Å²) in [6.07, 6.45) is 0.916. The van der Waals surface area contributed by atoms with Crippen LogP contribution < -0.4 is 10.6 Å². The Bertz CT molecular complexity index is 392. The number of rotatable bonds is 5. The zero-order chi connectivity index (χ0) is 16.5. The molecule has 2 N–H and O–H groups in total. The summed E-state index contributed by atoms with van der Waals surface area (Å²) in [6.45, 7) is 4.26. The monoisotopic (exact) mass is 314 g/mol. The number of likely N-dealkylation sites (tertiary alicyclic amines) is 1. The molecule has 22 heavy (non-hydrogen) atoms. The largest absolute Gasteiger partial charge is 0.450 e. The molecule has 8 heteroatoms. The minimum atomic E-state index is -0.617. The Balaban J connectivity index is 2.26. The Morgan fingerprint density at radius 1 is 1.18 bits per heavy atom. The topological polar surface area (TPSA) is 91.0 Å². The molecule has 1 aliphatic heterocycles. The van der Waals surface area contributed by atoms with Crippen LogP contribution >= 0.6 is 0 Å². The summed E-state index contributed by atoms with van der Waals surface area (Å²) in [4.78, 5) is 38.5. The number of ether oxygens (including phenoxy) is 1. The fourth-order valence-corrected chi connectivity index (χ4v) is 2.15. The molecule has 0 aromatic rings. The third-order valence-electron chi connectivity index (χ3n) is 3.41. The van der Waals surface area contributed by atoms with Crippen LogP contribution in [0.3, 0.4) is 0 Å². The summed E-state index contributed by atoms with van der Waals surface area (Å²) < 4.78 is 4.93. The predicted octanol–water partition coefficient (Wildman–Crippen LogP) is -0.599. The number of likely N-dealkylation sites (N-methyl/N-ethyl adjacent to an activating group) is 1. The van der Waals surface area contributed by atoms with Gasteiger partial charge >= 0.3 is 17.9 Å². The molecule has 8 nitrogen and oxygen atoms in total. The first kappa shape index (κ1) is 18.2. The van der Waals surface area contributed by atoms with E-state index in [-0.39, 0.29) is 12.1 Å². The number of piperidine rings is 1. The van der Waals surface area contributed by atoms with Gasteiger partial charge in [0.05, 0.1) is 6.61 Å². The van der Waals surface area contributed by atoms with Gasteiger partial charge in [0.25, 0.3) is 0 Å². The van der Waals surface area contributed by atoms with Crippen molar-refractivity contribution in [1.82, 2.24) is 20.4 Å². The van der Waals surface area contributed by atoms with E-state index in [1.54, 1.807) is 11.8 Å². The molecule has 0 radical (unpaired) electrons. The van der Waals surface area contributed by atoms with Crippen molar-refractivity contribution in [1.29, 1.82) is 0 Å². The highest BCUT2D eigenvalue weighted by Crippen LogP contribution is 2.11. The summed E-state index contributed by atoms with van der Waals surface area (Å²) in [5.41, 5.74) is 0. The van der Waals surface area contributed by atoms with E-state index in [4.69, 9.17) is 4.74 Å². The van der Waals surface area contributed by atoms with Gasteiger partial charge in [0.15, 0.2) is 0 Å². The number of carbonyl (C=O) groups excluding carboxylic acids is 3. The Morgan fingerprint density at radius 2 is 1.82 bits per heavy atom. The van der Waals surface area contributed by atoms with Crippen molar-refractivity contribution >= 4 is 17.9 Å². The van der Waals surface area contributed by atoms with E-state index in [1.165, 1.54) is 0 Å². The third kappa shape index (κ3) is 6.30. The van der Waals surface area contributed by atoms with Crippen LogP contribution in [0.4, 0.5) is 4.79 Å². The van der Waals surface area contributed by atoms with E-state index in [9.17, 15) is 14.4 Å². The fraction of sp³-hybridized carbons (Fsp3) is 0.786. The van der Waals surface area contributed by atoms with Crippen LogP contribution in [0, 0.1) is 0 Å². The molecule has 0 aliphatic carbocycles. The van der Waals surface area contributed by atoms with Crippen LogP contribution in [0.25, 0.3) is 0 Å². The molecule has 1 saturated heterocycles. The van der Waals surface area contributed by atoms with Gasteiger partial charge in [-0.1, -0.05) is 0 Å². The van der Waals surface area contributed by atoms with Crippen LogP contribution in [-0.4, -0.2) is 80.6 Å². The minimum absolute atomic E-state index is 0.0854. The highest BCUT2D eigenvalue weighted by molar-refractivity contribution is 6.35. The third-order valence-corrected chi connectivity index (χ3v) is 3.41. The predicted molar refractivity (Wildman–Crippen MR) is 81.3 cm³/mol. The van der Waals surface area contributed by atoms with E-state index in [0.29, 0.717) is 45.6 Å². The second-order valence-electron chi connectivity index (χ2n) is 5.49. The quantitative estimate of drug-likeness (QED) is 0.661. The van der Waals surface area contributed by atoms with Crippen LogP contribution in [0.15, 0.2) is 0 Å². The Hall–Kier alpha value is -1.83.